The summed E-state index contributed by atoms with van der Waals surface area (Å²) in [6, 6.07) is 75.0. The number of nitrogens with zero attached hydrogens (tertiary/aromatic N) is 6. The highest BCUT2D eigenvalue weighted by Crippen LogP contribution is 2.56. The molecule has 4 saturated carbocycles. The summed E-state index contributed by atoms with van der Waals surface area (Å²) in [5.74, 6) is 3.88. The van der Waals surface area contributed by atoms with Crippen molar-refractivity contribution in [1.29, 1.82) is 0 Å². The van der Waals surface area contributed by atoms with Crippen LogP contribution in [0.5, 0.6) is 5.75 Å². The maximum absolute atomic E-state index is 14.1. The number of rotatable bonds is 36. The van der Waals surface area contributed by atoms with Gasteiger partial charge in [-0.2, -0.15) is 0 Å². The van der Waals surface area contributed by atoms with Crippen molar-refractivity contribution in [2.24, 2.45) is 79.0 Å². The lowest BCUT2D eigenvalue weighted by Gasteiger charge is -2.53. The van der Waals surface area contributed by atoms with E-state index in [4.69, 9.17) is 62.3 Å². The van der Waals surface area contributed by atoms with Crippen molar-refractivity contribution in [3.8, 4) is 5.75 Å². The molecule has 4 bridgehead atoms. The van der Waals surface area contributed by atoms with Gasteiger partial charge in [-0.3, -0.25) is 43.7 Å². The Labute approximate surface area is 757 Å². The molecule has 8 aromatic carbocycles. The molecule has 25 nitrogen and oxygen atoms in total. The van der Waals surface area contributed by atoms with Crippen LogP contribution in [0.25, 0.3) is 6.08 Å². The summed E-state index contributed by atoms with van der Waals surface area (Å²) in [7, 11) is 0. The van der Waals surface area contributed by atoms with Gasteiger partial charge in [0.15, 0.2) is 24.5 Å². The Morgan fingerprint density at radius 1 is 0.433 bits per heavy atom. The first-order valence-corrected chi connectivity index (χ1v) is 45.7. The number of benzene rings is 8. The number of carbonyl (C=O) groups excluding carboxylic acids is 6. The highest BCUT2D eigenvalue weighted by atomic mass is 35.5. The molecule has 6 atom stereocenters. The van der Waals surface area contributed by atoms with Crippen molar-refractivity contribution >= 4 is 82.6 Å². The number of hydrogen-bond donors (Lipinski definition) is 12. The van der Waals surface area contributed by atoms with E-state index in [2.05, 4.69) is 144 Å². The van der Waals surface area contributed by atoms with Crippen LogP contribution in [0.15, 0.2) is 252 Å². The average molecular weight is 1760 g/mol. The van der Waals surface area contributed by atoms with Crippen LogP contribution in [0.1, 0.15) is 147 Å². The fraction of sp³-hybridized carbons (Fsp3) is 0.410. The van der Waals surface area contributed by atoms with Crippen LogP contribution in [0, 0.1) is 29.6 Å². The largest absolute Gasteiger partial charge is 0.484 e. The van der Waals surface area contributed by atoms with Crippen LogP contribution in [-0.4, -0.2) is 189 Å². The van der Waals surface area contributed by atoms with Gasteiger partial charge in [0.05, 0.1) is 18.1 Å². The summed E-state index contributed by atoms with van der Waals surface area (Å²) >= 11 is 12.2. The Hall–Kier alpha value is -11.6. The lowest BCUT2D eigenvalue weighted by atomic mass is 9.51. The number of guanidine groups is 3. The Balaban J connectivity index is 0.000000173. The van der Waals surface area contributed by atoms with E-state index in [1.807, 2.05) is 130 Å². The zero-order valence-electron chi connectivity index (χ0n) is 72.5. The van der Waals surface area contributed by atoms with Crippen LogP contribution in [0.2, 0.25) is 10.0 Å². The fourth-order valence-electron chi connectivity index (χ4n) is 19.1. The number of hydrogen-bond acceptors (Lipinski definition) is 13. The summed E-state index contributed by atoms with van der Waals surface area (Å²) in [6.45, 7) is 6.09. The number of aliphatic imine (C=N–C) groups is 3. The van der Waals surface area contributed by atoms with Crippen molar-refractivity contribution in [3.63, 3.8) is 0 Å². The standard InChI is InChI=1S/C35H48N6O2.C33H38Cl2N6O2.C32H40N6O3/c36-35(37)38-14-7-12-31-34(43)41(22-30(25-8-3-1-4-9-25)26-10-5-2-6-11-26)15-13-29(40-31)21-39-33(42)32-27-17-23-16-24(19-27)20-28(32)18-23;34-26-15-13-25(29(35)20-26)14-16-31(42)39-21-27-17-19-41(32(43)30(40-27)12-7-18-38-33(36)37)22-28(23-8-3-1-4-9-23)24-10-5-2-6-11-24;33-32(34)35-19-10-17-29-31(40)38(22-28(24-11-4-1-5-12-24)25-13-6-2-7-14-25)20-18-26(37-29)21-36-30(39)23-41-27-15-8-3-9-16-27/h1-6,8-11,23-24,27-32,40H,7,12-22H2,(H,39,42)(H4,36,37,38);1-6,8-11,13-16,20,27-28,30,40H,7,12,17-19,21-22H2,(H,39,42)(H4,36,37,38);1-9,11-16,26,28-29,37H,10,17-23H2,(H,36,39)(H4,33,34,35)/b;16-14+;/t23?,24?,27?,28?,29-,31-,32?;27-,30-;26-,29-/m000/s1. The normalized spacial score (nSPS) is 21.4. The quantitative estimate of drug-likeness (QED) is 0.00751. The van der Waals surface area contributed by atoms with Gasteiger partial charge in [-0.15, -0.1) is 0 Å². The van der Waals surface area contributed by atoms with E-state index in [9.17, 15) is 28.8 Å². The van der Waals surface area contributed by atoms with Crippen molar-refractivity contribution in [2.45, 2.75) is 144 Å². The molecular formula is C100H126Cl2N18O7. The predicted molar refractivity (Wildman–Crippen MR) is 507 cm³/mol. The second-order valence-corrected chi connectivity index (χ2v) is 35.1. The first-order chi connectivity index (χ1) is 61.7. The Morgan fingerprint density at radius 3 is 1.10 bits per heavy atom. The highest BCUT2D eigenvalue weighted by Gasteiger charge is 2.51. The lowest BCUT2D eigenvalue weighted by Crippen LogP contribution is -2.53. The molecule has 18 N–H and O–H groups in total. The Bertz CT molecular complexity index is 4760. The third-order valence-corrected chi connectivity index (χ3v) is 25.8. The molecule has 3 saturated heterocycles. The van der Waals surface area contributed by atoms with Gasteiger partial charge in [0.1, 0.15) is 5.75 Å². The minimum Gasteiger partial charge on any atom is -0.484 e. The van der Waals surface area contributed by atoms with E-state index in [0.717, 1.165) is 40.5 Å². The minimum atomic E-state index is -0.436. The van der Waals surface area contributed by atoms with Gasteiger partial charge >= 0.3 is 0 Å². The number of para-hydroxylation sites is 1. The molecule has 3 heterocycles. The van der Waals surface area contributed by atoms with E-state index < -0.39 is 12.1 Å². The first-order valence-electron chi connectivity index (χ1n) is 45.0. The van der Waals surface area contributed by atoms with E-state index in [0.29, 0.717) is 163 Å². The molecule has 6 amide bonds. The minimum absolute atomic E-state index is 0.0229. The van der Waals surface area contributed by atoms with Crippen LogP contribution in [0.3, 0.4) is 0 Å². The zero-order chi connectivity index (χ0) is 89.2. The molecule has 8 aromatic rings. The molecule has 127 heavy (non-hydrogen) atoms. The molecule has 27 heteroatoms. The molecular weight excluding hydrogens is 1640 g/mol. The van der Waals surface area contributed by atoms with Crippen LogP contribution in [0.4, 0.5) is 0 Å². The summed E-state index contributed by atoms with van der Waals surface area (Å²) in [5, 5.41) is 20.9. The molecule has 0 aromatic heterocycles. The van der Waals surface area contributed by atoms with Gasteiger partial charge in [-0.25, -0.2) is 0 Å². The van der Waals surface area contributed by atoms with Gasteiger partial charge in [0, 0.05) is 136 Å². The third-order valence-electron chi connectivity index (χ3n) is 25.2. The van der Waals surface area contributed by atoms with Crippen molar-refractivity contribution < 1.29 is 33.5 Å². The van der Waals surface area contributed by atoms with Gasteiger partial charge in [-0.1, -0.05) is 229 Å². The highest BCUT2D eigenvalue weighted by molar-refractivity contribution is 6.35. The molecule has 0 spiro atoms. The second kappa shape index (κ2) is 48.9. The summed E-state index contributed by atoms with van der Waals surface area (Å²) in [6.07, 6.45) is 15.3. The van der Waals surface area contributed by atoms with Gasteiger partial charge in [0.25, 0.3) is 5.91 Å². The maximum Gasteiger partial charge on any atom is 0.257 e. The van der Waals surface area contributed by atoms with Crippen LogP contribution in [-0.2, 0) is 28.8 Å². The summed E-state index contributed by atoms with van der Waals surface area (Å²) in [4.78, 5) is 98.8. The molecule has 7 fully saturated rings. The Kier molecular flexibility index (Phi) is 36.4. The molecule has 0 unspecified atom stereocenters. The lowest BCUT2D eigenvalue weighted by molar-refractivity contribution is -0.138. The van der Waals surface area contributed by atoms with E-state index in [1.54, 1.807) is 24.3 Å². The van der Waals surface area contributed by atoms with Gasteiger partial charge in [0.2, 0.25) is 29.5 Å². The zero-order valence-corrected chi connectivity index (χ0v) is 74.0. The SMILES string of the molecule is NC(N)=NCCC[C@@H]1N[C@H](CNC(=O)/C=C/c2ccc(Cl)cc2Cl)CCN(CC(c2ccccc2)c2ccccc2)C1=O.NC(N)=NCCC[C@@H]1N[C@H](CNC(=O)C2C3CC4CC(C3)CC2C4)CCN(CC(c2ccccc2)c2ccccc2)C1=O.NC(N)=NCCC[C@@H]1N[C@H](CNC(=O)COc2ccccc2)CCN(CC(c2ccccc2)c2ccccc2)C1=O. The number of nitrogens with two attached hydrogens (primary N) is 6. The number of nitrogens with one attached hydrogen (secondary N) is 6. The van der Waals surface area contributed by atoms with Gasteiger partial charge in [-0.05, 0) is 183 Å². The number of amides is 6. The summed E-state index contributed by atoms with van der Waals surface area (Å²) < 4.78 is 5.57. The average Bonchev–Trinajstić information content (AvgIpc) is 0.770. The van der Waals surface area contributed by atoms with E-state index in [1.165, 1.54) is 49.3 Å². The number of carbonyl (C=O) groups is 6. The monoisotopic (exact) mass is 1760 g/mol. The number of halogens is 2. The third kappa shape index (κ3) is 29.2. The van der Waals surface area contributed by atoms with E-state index in [-0.39, 0.29) is 108 Å². The fourth-order valence-corrected chi connectivity index (χ4v) is 19.6. The molecule has 3 aliphatic heterocycles. The Morgan fingerprint density at radius 2 is 0.764 bits per heavy atom. The van der Waals surface area contributed by atoms with Crippen molar-refractivity contribution in [3.05, 3.63) is 286 Å². The van der Waals surface area contributed by atoms with Crippen LogP contribution < -0.4 is 71.0 Å². The molecule has 7 aliphatic rings. The molecule has 4 aliphatic carbocycles. The number of ether oxygens (including phenoxy) is 1. The van der Waals surface area contributed by atoms with Gasteiger partial charge < -0.3 is 85.7 Å². The van der Waals surface area contributed by atoms with Crippen molar-refractivity contribution in [2.75, 3.05) is 85.1 Å². The molecule has 672 valence electrons. The molecule has 15 rings (SSSR count). The van der Waals surface area contributed by atoms with E-state index >= 15 is 0 Å². The topological polar surface area (TPSA) is 387 Å². The first kappa shape index (κ1) is 94.5. The maximum atomic E-state index is 14.1. The van der Waals surface area contributed by atoms with Crippen molar-refractivity contribution in [1.82, 2.24) is 46.6 Å². The van der Waals surface area contributed by atoms with Crippen LogP contribution >= 0.6 is 23.2 Å². The smallest absolute Gasteiger partial charge is 0.257 e. The summed E-state index contributed by atoms with van der Waals surface area (Å²) in [5.41, 5.74) is 40.8. The second-order valence-electron chi connectivity index (χ2n) is 34.3. The molecule has 0 radical (unpaired) electrons. The predicted octanol–water partition coefficient (Wildman–Crippen LogP) is 10.8.